The molecule has 0 aromatic carbocycles. The molecule has 99 heavy (non-hydrogen) atoms. The van der Waals surface area contributed by atoms with Crippen molar-refractivity contribution in [2.75, 3.05) is 39.6 Å². The maximum atomic E-state index is 13.1. The minimum Gasteiger partial charge on any atom is -0.462 e. The van der Waals surface area contributed by atoms with Crippen molar-refractivity contribution in [1.29, 1.82) is 0 Å². The molecule has 0 amide bonds. The molecule has 0 saturated heterocycles. The van der Waals surface area contributed by atoms with Gasteiger partial charge in [-0.25, -0.2) is 9.13 Å². The summed E-state index contributed by atoms with van der Waals surface area (Å²) in [6.07, 6.45) is 65.8. The SMILES string of the molecule is CCCCCC/C=C\C=C/CCCCCCCC(=O)OC[C@H](COP(=O)(O)OC[C@@H](O)COP(=O)(O)OC[C@@H](COC(=O)CCCCCCCCCCCCC)OC(=O)CCCCCCCCCCCCCCCCC)OC(=O)CCCCCCCCCCCCCCCCC(C)CC. The standard InChI is InChI=1S/C80H152O17P2/c1-6-10-13-16-19-22-25-27-29-34-39-44-49-54-59-64-78(83)91-70-76(97-80(85)66-61-56-51-46-41-36-32-31-33-38-42-47-52-57-62-73(5)9-4)72-95-99(88,89)93-68-74(81)67-92-98(86,87)94-71-75(69-90-77(82)63-58-53-48-43-37-24-21-18-15-12-8-3)96-79(84)65-60-55-50-45-40-35-30-28-26-23-20-17-14-11-7-2/h22,25,27,29,73-76,81H,6-21,23-24,26,28,30-72H2,1-5H3,(H,86,87)(H,88,89)/b25-22-,29-27-/t73?,74-,75+,76+/m0/s1. The van der Waals surface area contributed by atoms with Gasteiger partial charge in [0.2, 0.25) is 0 Å². The molecule has 0 spiro atoms. The number of carbonyl (C=O) groups is 4. The predicted molar refractivity (Wildman–Crippen MR) is 404 cm³/mol. The van der Waals surface area contributed by atoms with Gasteiger partial charge in [0.05, 0.1) is 26.4 Å². The predicted octanol–water partition coefficient (Wildman–Crippen LogP) is 23.6. The maximum absolute atomic E-state index is 13.1. The van der Waals surface area contributed by atoms with E-state index in [4.69, 9.17) is 37.0 Å². The van der Waals surface area contributed by atoms with Gasteiger partial charge in [-0.1, -0.05) is 348 Å². The van der Waals surface area contributed by atoms with Gasteiger partial charge in [-0.15, -0.1) is 0 Å². The van der Waals surface area contributed by atoms with E-state index in [-0.39, 0.29) is 25.7 Å². The van der Waals surface area contributed by atoms with Crippen molar-refractivity contribution in [3.05, 3.63) is 24.3 Å². The Morgan fingerprint density at radius 1 is 0.323 bits per heavy atom. The number of ether oxygens (including phenoxy) is 4. The van der Waals surface area contributed by atoms with Crippen LogP contribution in [0.25, 0.3) is 0 Å². The third kappa shape index (κ3) is 72.3. The number of hydrogen-bond acceptors (Lipinski definition) is 15. The highest BCUT2D eigenvalue weighted by molar-refractivity contribution is 7.47. The van der Waals surface area contributed by atoms with E-state index >= 15 is 0 Å². The van der Waals surface area contributed by atoms with Gasteiger partial charge < -0.3 is 33.8 Å². The number of unbranched alkanes of at least 4 members (excludes halogenated alkanes) is 46. The largest absolute Gasteiger partial charge is 0.472 e. The monoisotopic (exact) mass is 1450 g/mol. The lowest BCUT2D eigenvalue weighted by molar-refractivity contribution is -0.161. The number of carbonyl (C=O) groups excluding carboxylic acids is 4. The number of esters is 4. The van der Waals surface area contributed by atoms with Crippen molar-refractivity contribution in [3.8, 4) is 0 Å². The molecule has 0 aromatic heterocycles. The lowest BCUT2D eigenvalue weighted by atomic mass is 9.99. The topological polar surface area (TPSA) is 237 Å². The molecular formula is C80H152O17P2. The summed E-state index contributed by atoms with van der Waals surface area (Å²) in [7, 11) is -9.93. The summed E-state index contributed by atoms with van der Waals surface area (Å²) in [5, 5.41) is 10.6. The Bertz CT molecular complexity index is 1990. The number of phosphoric acid groups is 2. The molecular weight excluding hydrogens is 1290 g/mol. The number of phosphoric ester groups is 2. The number of aliphatic hydroxyl groups excluding tert-OH is 1. The lowest BCUT2D eigenvalue weighted by Crippen LogP contribution is -2.30. The minimum atomic E-state index is -4.97. The van der Waals surface area contributed by atoms with E-state index in [9.17, 15) is 43.2 Å². The van der Waals surface area contributed by atoms with Crippen LogP contribution in [0.3, 0.4) is 0 Å². The highest BCUT2D eigenvalue weighted by Crippen LogP contribution is 2.45. The quantitative estimate of drug-likeness (QED) is 0.0169. The van der Waals surface area contributed by atoms with Gasteiger partial charge in [-0.3, -0.25) is 37.3 Å². The first-order valence-electron chi connectivity index (χ1n) is 41.0. The molecule has 0 radical (unpaired) electrons. The third-order valence-electron chi connectivity index (χ3n) is 18.5. The summed E-state index contributed by atoms with van der Waals surface area (Å²) in [6, 6.07) is 0. The van der Waals surface area contributed by atoms with Crippen LogP contribution in [0.2, 0.25) is 0 Å². The second kappa shape index (κ2) is 72.5. The van der Waals surface area contributed by atoms with Crippen molar-refractivity contribution >= 4 is 39.5 Å². The zero-order valence-corrected chi connectivity index (χ0v) is 65.9. The van der Waals surface area contributed by atoms with Gasteiger partial charge in [0.1, 0.15) is 19.3 Å². The molecule has 0 bridgehead atoms. The molecule has 3 unspecified atom stereocenters. The first kappa shape index (κ1) is 96.5. The molecule has 0 aliphatic rings. The molecule has 0 aliphatic heterocycles. The lowest BCUT2D eigenvalue weighted by Gasteiger charge is -2.21. The molecule has 17 nitrogen and oxygen atoms in total. The number of rotatable bonds is 78. The Kier molecular flexibility index (Phi) is 70.7. The molecule has 0 saturated carbocycles. The summed E-state index contributed by atoms with van der Waals surface area (Å²) in [5.41, 5.74) is 0. The van der Waals surface area contributed by atoms with Crippen LogP contribution in [0.4, 0.5) is 0 Å². The average Bonchev–Trinajstić information content (AvgIpc) is 1.06. The van der Waals surface area contributed by atoms with Gasteiger partial charge in [0.25, 0.3) is 0 Å². The second-order valence-corrected chi connectivity index (χ2v) is 31.3. The molecule has 19 heteroatoms. The van der Waals surface area contributed by atoms with Crippen LogP contribution in [0.5, 0.6) is 0 Å². The van der Waals surface area contributed by atoms with E-state index in [2.05, 4.69) is 58.9 Å². The normalized spacial score (nSPS) is 14.3. The molecule has 0 aromatic rings. The van der Waals surface area contributed by atoms with Crippen molar-refractivity contribution in [2.45, 2.75) is 419 Å². The molecule has 0 aliphatic carbocycles. The first-order valence-corrected chi connectivity index (χ1v) is 44.0. The number of aliphatic hydroxyl groups is 1. The van der Waals surface area contributed by atoms with Crippen molar-refractivity contribution in [3.63, 3.8) is 0 Å². The Morgan fingerprint density at radius 3 is 0.859 bits per heavy atom. The smallest absolute Gasteiger partial charge is 0.462 e. The van der Waals surface area contributed by atoms with Crippen LogP contribution in [-0.4, -0.2) is 96.7 Å². The summed E-state index contributed by atoms with van der Waals surface area (Å²) in [6.45, 7) is 7.31. The van der Waals surface area contributed by atoms with E-state index in [0.29, 0.717) is 25.7 Å². The van der Waals surface area contributed by atoms with Crippen molar-refractivity contribution in [2.24, 2.45) is 5.92 Å². The molecule has 6 atom stereocenters. The Labute approximate surface area is 605 Å². The van der Waals surface area contributed by atoms with Crippen LogP contribution < -0.4 is 0 Å². The zero-order valence-electron chi connectivity index (χ0n) is 64.1. The summed E-state index contributed by atoms with van der Waals surface area (Å²) in [5.74, 6) is -1.29. The van der Waals surface area contributed by atoms with Gasteiger partial charge in [-0.05, 0) is 57.3 Å². The van der Waals surface area contributed by atoms with Crippen LogP contribution in [0, 0.1) is 5.92 Å². The van der Waals surface area contributed by atoms with E-state index in [1.807, 2.05) is 0 Å². The van der Waals surface area contributed by atoms with Crippen LogP contribution in [0.1, 0.15) is 401 Å². The summed E-state index contributed by atoms with van der Waals surface area (Å²) in [4.78, 5) is 73.0. The fourth-order valence-corrected chi connectivity index (χ4v) is 13.4. The van der Waals surface area contributed by atoms with Crippen LogP contribution in [0.15, 0.2) is 24.3 Å². The maximum Gasteiger partial charge on any atom is 0.472 e. The van der Waals surface area contributed by atoms with Gasteiger partial charge in [0.15, 0.2) is 12.2 Å². The van der Waals surface area contributed by atoms with E-state index in [0.717, 1.165) is 115 Å². The highest BCUT2D eigenvalue weighted by Gasteiger charge is 2.30. The van der Waals surface area contributed by atoms with E-state index in [1.165, 1.54) is 205 Å². The summed E-state index contributed by atoms with van der Waals surface area (Å²) >= 11 is 0. The average molecular weight is 1450 g/mol. The zero-order chi connectivity index (χ0) is 72.7. The third-order valence-corrected chi connectivity index (χ3v) is 20.4. The highest BCUT2D eigenvalue weighted by atomic mass is 31.2. The van der Waals surface area contributed by atoms with Crippen LogP contribution in [-0.2, 0) is 65.4 Å². The molecule has 0 heterocycles. The molecule has 584 valence electrons. The Balaban J connectivity index is 5.29. The van der Waals surface area contributed by atoms with Gasteiger partial charge in [-0.2, -0.15) is 0 Å². The van der Waals surface area contributed by atoms with Gasteiger partial charge in [0, 0.05) is 25.7 Å². The van der Waals surface area contributed by atoms with Gasteiger partial charge >= 0.3 is 39.5 Å². The van der Waals surface area contributed by atoms with Crippen molar-refractivity contribution in [1.82, 2.24) is 0 Å². The first-order chi connectivity index (χ1) is 48.1. The Morgan fingerprint density at radius 2 is 0.566 bits per heavy atom. The van der Waals surface area contributed by atoms with Crippen molar-refractivity contribution < 1.29 is 80.2 Å². The second-order valence-electron chi connectivity index (χ2n) is 28.4. The molecule has 3 N–H and O–H groups in total. The fraction of sp³-hybridized carbons (Fsp3) is 0.900. The summed E-state index contributed by atoms with van der Waals surface area (Å²) < 4.78 is 68.6. The minimum absolute atomic E-state index is 0.101. The van der Waals surface area contributed by atoms with Crippen LogP contribution >= 0.6 is 15.6 Å². The Hall–Kier alpha value is -2.46. The van der Waals surface area contributed by atoms with E-state index < -0.39 is 97.5 Å². The number of hydrogen-bond donors (Lipinski definition) is 3. The fourth-order valence-electron chi connectivity index (χ4n) is 11.8. The molecule has 0 fully saturated rings. The van der Waals surface area contributed by atoms with E-state index in [1.54, 1.807) is 0 Å². The molecule has 0 rings (SSSR count). The number of allylic oxidation sites excluding steroid dienone is 4.